The molecule has 0 spiro atoms. The first-order valence-corrected chi connectivity index (χ1v) is 4.87. The van der Waals surface area contributed by atoms with Gasteiger partial charge in [-0.2, -0.15) is 13.2 Å². The molecule has 1 aromatic heterocycles. The molecule has 17 heavy (non-hydrogen) atoms. The molecule has 96 valence electrons. The molecule has 4 nitrogen and oxygen atoms in total. The molecule has 0 bridgehead atoms. The molecule has 0 amide bonds. The van der Waals surface area contributed by atoms with Gasteiger partial charge in [-0.15, -0.1) is 0 Å². The SMILES string of the molecule is COCC(O)CNc1ccc(C(F)(F)F)cn1. The van der Waals surface area contributed by atoms with Crippen LogP contribution in [0.15, 0.2) is 18.3 Å². The van der Waals surface area contributed by atoms with Crippen LogP contribution in [0.3, 0.4) is 0 Å². The summed E-state index contributed by atoms with van der Waals surface area (Å²) in [4.78, 5) is 3.59. The first-order chi connectivity index (χ1) is 7.93. The Labute approximate surface area is 96.4 Å². The molecule has 0 aromatic carbocycles. The molecule has 0 fully saturated rings. The van der Waals surface area contributed by atoms with Crippen LogP contribution in [0.5, 0.6) is 0 Å². The monoisotopic (exact) mass is 250 g/mol. The summed E-state index contributed by atoms with van der Waals surface area (Å²) in [5, 5.41) is 12.0. The van der Waals surface area contributed by atoms with Crippen molar-refractivity contribution in [3.8, 4) is 0 Å². The van der Waals surface area contributed by atoms with Gasteiger partial charge in [0.05, 0.1) is 18.3 Å². The van der Waals surface area contributed by atoms with E-state index >= 15 is 0 Å². The highest BCUT2D eigenvalue weighted by atomic mass is 19.4. The van der Waals surface area contributed by atoms with Crippen LogP contribution >= 0.6 is 0 Å². The Morgan fingerprint density at radius 2 is 2.18 bits per heavy atom. The summed E-state index contributed by atoms with van der Waals surface area (Å²) in [5.41, 5.74) is -0.805. The lowest BCUT2D eigenvalue weighted by Crippen LogP contribution is -2.24. The van der Waals surface area contributed by atoms with Gasteiger partial charge in [0.2, 0.25) is 0 Å². The zero-order valence-electron chi connectivity index (χ0n) is 9.16. The van der Waals surface area contributed by atoms with E-state index in [0.717, 1.165) is 12.3 Å². The molecule has 7 heteroatoms. The summed E-state index contributed by atoms with van der Waals surface area (Å²) in [7, 11) is 1.44. The van der Waals surface area contributed by atoms with Gasteiger partial charge in [-0.05, 0) is 12.1 Å². The van der Waals surface area contributed by atoms with E-state index in [2.05, 4.69) is 10.3 Å². The third kappa shape index (κ3) is 4.58. The number of rotatable bonds is 5. The lowest BCUT2D eigenvalue weighted by atomic mass is 10.3. The largest absolute Gasteiger partial charge is 0.417 e. The van der Waals surface area contributed by atoms with Crippen molar-refractivity contribution in [2.24, 2.45) is 0 Å². The maximum absolute atomic E-state index is 12.2. The summed E-state index contributed by atoms with van der Waals surface area (Å²) in [6, 6.07) is 2.14. The predicted molar refractivity (Wildman–Crippen MR) is 55.6 cm³/mol. The van der Waals surface area contributed by atoms with Gasteiger partial charge in [-0.3, -0.25) is 0 Å². The topological polar surface area (TPSA) is 54.4 Å². The Morgan fingerprint density at radius 1 is 1.47 bits per heavy atom. The van der Waals surface area contributed by atoms with E-state index in [1.807, 2.05) is 0 Å². The molecule has 0 saturated carbocycles. The lowest BCUT2D eigenvalue weighted by molar-refractivity contribution is -0.137. The number of ether oxygens (including phenoxy) is 1. The summed E-state index contributed by atoms with van der Waals surface area (Å²) in [6.45, 7) is 0.305. The number of hydrogen-bond donors (Lipinski definition) is 2. The van der Waals surface area contributed by atoms with Crippen molar-refractivity contribution in [1.29, 1.82) is 0 Å². The molecular weight excluding hydrogens is 237 g/mol. The summed E-state index contributed by atoms with van der Waals surface area (Å²) >= 11 is 0. The van der Waals surface area contributed by atoms with Crippen molar-refractivity contribution < 1.29 is 23.0 Å². The highest BCUT2D eigenvalue weighted by Gasteiger charge is 2.30. The van der Waals surface area contributed by atoms with Crippen LogP contribution in [0.4, 0.5) is 19.0 Å². The molecule has 1 rings (SSSR count). The maximum atomic E-state index is 12.2. The van der Waals surface area contributed by atoms with Crippen LogP contribution in [-0.4, -0.2) is 36.5 Å². The number of aromatic nitrogens is 1. The van der Waals surface area contributed by atoms with Crippen molar-refractivity contribution in [2.45, 2.75) is 12.3 Å². The molecule has 0 aliphatic rings. The van der Waals surface area contributed by atoms with Gasteiger partial charge in [-0.25, -0.2) is 4.98 Å². The Hall–Kier alpha value is -1.34. The number of halogens is 3. The number of nitrogens with one attached hydrogen (secondary N) is 1. The first-order valence-electron chi connectivity index (χ1n) is 4.87. The molecule has 1 aromatic rings. The van der Waals surface area contributed by atoms with Crippen molar-refractivity contribution in [3.05, 3.63) is 23.9 Å². The molecule has 0 radical (unpaired) electrons. The zero-order valence-corrected chi connectivity index (χ0v) is 9.16. The molecule has 0 aliphatic heterocycles. The van der Waals surface area contributed by atoms with E-state index in [4.69, 9.17) is 4.74 Å². The molecule has 1 heterocycles. The number of aliphatic hydroxyl groups is 1. The van der Waals surface area contributed by atoms with E-state index in [1.165, 1.54) is 13.2 Å². The normalized spacial score (nSPS) is 13.5. The van der Waals surface area contributed by atoms with E-state index < -0.39 is 17.8 Å². The van der Waals surface area contributed by atoms with Gasteiger partial charge in [0.15, 0.2) is 0 Å². The van der Waals surface area contributed by atoms with Gasteiger partial charge in [0.25, 0.3) is 0 Å². The molecule has 0 saturated heterocycles. The number of methoxy groups -OCH3 is 1. The fourth-order valence-corrected chi connectivity index (χ4v) is 1.14. The Morgan fingerprint density at radius 3 is 2.65 bits per heavy atom. The van der Waals surface area contributed by atoms with Crippen molar-refractivity contribution in [1.82, 2.24) is 4.98 Å². The number of nitrogens with zero attached hydrogens (tertiary/aromatic N) is 1. The van der Waals surface area contributed by atoms with Gasteiger partial charge < -0.3 is 15.2 Å². The van der Waals surface area contributed by atoms with Crippen LogP contribution in [0.1, 0.15) is 5.56 Å². The average Bonchev–Trinajstić information content (AvgIpc) is 2.26. The molecular formula is C10H13F3N2O2. The van der Waals surface area contributed by atoms with E-state index in [9.17, 15) is 18.3 Å². The van der Waals surface area contributed by atoms with Crippen LogP contribution in [-0.2, 0) is 10.9 Å². The van der Waals surface area contributed by atoms with Crippen LogP contribution in [0.2, 0.25) is 0 Å². The Bertz CT molecular complexity index is 340. The van der Waals surface area contributed by atoms with Crippen molar-refractivity contribution in [2.75, 3.05) is 25.6 Å². The molecule has 0 aliphatic carbocycles. The highest BCUT2D eigenvalue weighted by Crippen LogP contribution is 2.28. The predicted octanol–water partition coefficient (Wildman–Crippen LogP) is 1.52. The second-order valence-corrected chi connectivity index (χ2v) is 3.42. The second-order valence-electron chi connectivity index (χ2n) is 3.42. The summed E-state index contributed by atoms with van der Waals surface area (Å²) < 4.78 is 41.3. The van der Waals surface area contributed by atoms with E-state index in [1.54, 1.807) is 0 Å². The number of anilines is 1. The van der Waals surface area contributed by atoms with E-state index in [0.29, 0.717) is 0 Å². The number of hydrogen-bond acceptors (Lipinski definition) is 4. The maximum Gasteiger partial charge on any atom is 0.417 e. The Balaban J connectivity index is 2.51. The molecule has 1 atom stereocenters. The Kier molecular flexibility index (Phi) is 4.71. The van der Waals surface area contributed by atoms with Gasteiger partial charge in [0.1, 0.15) is 5.82 Å². The number of pyridine rings is 1. The minimum absolute atomic E-state index is 0.146. The van der Waals surface area contributed by atoms with E-state index in [-0.39, 0.29) is 19.0 Å². The fourth-order valence-electron chi connectivity index (χ4n) is 1.14. The highest BCUT2D eigenvalue weighted by molar-refractivity contribution is 5.36. The van der Waals surface area contributed by atoms with Crippen LogP contribution in [0, 0.1) is 0 Å². The van der Waals surface area contributed by atoms with Gasteiger partial charge >= 0.3 is 6.18 Å². The third-order valence-electron chi connectivity index (χ3n) is 1.97. The minimum atomic E-state index is -4.39. The quantitative estimate of drug-likeness (QED) is 0.832. The van der Waals surface area contributed by atoms with Crippen LogP contribution in [0.25, 0.3) is 0 Å². The average molecular weight is 250 g/mol. The second kappa shape index (κ2) is 5.83. The van der Waals surface area contributed by atoms with Gasteiger partial charge in [0, 0.05) is 19.9 Å². The minimum Gasteiger partial charge on any atom is -0.389 e. The number of alkyl halides is 3. The summed E-state index contributed by atoms with van der Waals surface area (Å²) in [5.74, 6) is 0.271. The van der Waals surface area contributed by atoms with Crippen molar-refractivity contribution >= 4 is 5.82 Å². The first kappa shape index (κ1) is 13.7. The van der Waals surface area contributed by atoms with Gasteiger partial charge in [-0.1, -0.05) is 0 Å². The lowest BCUT2D eigenvalue weighted by Gasteiger charge is -2.12. The fraction of sp³-hybridized carbons (Fsp3) is 0.500. The summed E-state index contributed by atoms with van der Waals surface area (Å²) in [6.07, 6.45) is -4.38. The number of aliphatic hydroxyl groups excluding tert-OH is 1. The van der Waals surface area contributed by atoms with Crippen molar-refractivity contribution in [3.63, 3.8) is 0 Å². The zero-order chi connectivity index (χ0) is 12.9. The van der Waals surface area contributed by atoms with Crippen LogP contribution < -0.4 is 5.32 Å². The third-order valence-corrected chi connectivity index (χ3v) is 1.97. The smallest absolute Gasteiger partial charge is 0.389 e. The molecule has 1 unspecified atom stereocenters. The molecule has 2 N–H and O–H groups in total. The standard InChI is InChI=1S/C10H13F3N2O2/c1-17-6-8(16)5-15-9-3-2-7(4-14-9)10(11,12)13/h2-4,8,16H,5-6H2,1H3,(H,14,15).